The molecule has 0 aliphatic rings. The number of carbonyl (C=O) groups excluding carboxylic acids is 1. The molecule has 2 heterocycles. The van der Waals surface area contributed by atoms with E-state index in [-0.39, 0.29) is 28.7 Å². The summed E-state index contributed by atoms with van der Waals surface area (Å²) in [6.07, 6.45) is 1.55. The van der Waals surface area contributed by atoms with Crippen molar-refractivity contribution in [2.24, 2.45) is 0 Å². The molecule has 0 spiro atoms. The highest BCUT2D eigenvalue weighted by atomic mass is 35.5. The third-order valence-corrected chi connectivity index (χ3v) is 4.68. The summed E-state index contributed by atoms with van der Waals surface area (Å²) in [4.78, 5) is 24.7. The number of halogens is 1. The average molecular weight is 425 g/mol. The van der Waals surface area contributed by atoms with Crippen molar-refractivity contribution in [1.29, 1.82) is 0 Å². The van der Waals surface area contributed by atoms with E-state index in [1.807, 2.05) is 0 Å². The number of pyridine rings is 1. The molecule has 1 amide bonds. The molecule has 0 aliphatic carbocycles. The Kier molecular flexibility index (Phi) is 5.16. The number of nitrogens with one attached hydrogen (secondary N) is 2. The summed E-state index contributed by atoms with van der Waals surface area (Å²) in [6.45, 7) is 0. The number of nitrogens with zero attached hydrogens (tertiary/aromatic N) is 2. The summed E-state index contributed by atoms with van der Waals surface area (Å²) in [6, 6.07) is 11.7. The number of benzene rings is 2. The first kappa shape index (κ1) is 19.5. The smallest absolute Gasteiger partial charge is 0.255 e. The van der Waals surface area contributed by atoms with Crippen molar-refractivity contribution in [3.05, 3.63) is 59.2 Å². The van der Waals surface area contributed by atoms with Crippen LogP contribution in [-0.2, 0) is 0 Å². The van der Waals surface area contributed by atoms with E-state index in [1.54, 1.807) is 36.5 Å². The van der Waals surface area contributed by atoms with Crippen molar-refractivity contribution in [3.8, 4) is 28.8 Å². The zero-order valence-corrected chi connectivity index (χ0v) is 16.8. The maximum atomic E-state index is 12.7. The number of amides is 1. The molecule has 9 heteroatoms. The third kappa shape index (κ3) is 3.72. The number of aromatic amines is 1. The number of aromatic nitrogens is 3. The second-order valence-corrected chi connectivity index (χ2v) is 6.80. The molecule has 4 aromatic rings. The Hall–Kier alpha value is -3.78. The fourth-order valence-corrected chi connectivity index (χ4v) is 3.06. The van der Waals surface area contributed by atoms with E-state index < -0.39 is 0 Å². The van der Waals surface area contributed by atoms with Gasteiger partial charge in [0, 0.05) is 17.4 Å². The van der Waals surface area contributed by atoms with Gasteiger partial charge in [-0.25, -0.2) is 4.98 Å². The van der Waals surface area contributed by atoms with Gasteiger partial charge in [0.05, 0.1) is 30.3 Å². The van der Waals surface area contributed by atoms with Crippen LogP contribution < -0.4 is 14.8 Å². The molecule has 8 nitrogen and oxygen atoms in total. The van der Waals surface area contributed by atoms with Gasteiger partial charge in [0.15, 0.2) is 17.3 Å². The zero-order valence-electron chi connectivity index (χ0n) is 16.1. The molecular formula is C21H17ClN4O4. The van der Waals surface area contributed by atoms with Crippen molar-refractivity contribution >= 4 is 34.2 Å². The molecule has 2 aromatic heterocycles. The van der Waals surface area contributed by atoms with Crippen molar-refractivity contribution in [2.75, 3.05) is 19.5 Å². The predicted molar refractivity (Wildman–Crippen MR) is 113 cm³/mol. The number of imidazole rings is 1. The number of rotatable bonds is 5. The molecule has 0 atom stereocenters. The van der Waals surface area contributed by atoms with Crippen LogP contribution >= 0.6 is 11.6 Å². The van der Waals surface area contributed by atoms with Crippen molar-refractivity contribution in [1.82, 2.24) is 15.0 Å². The number of phenolic OH excluding ortho intramolecular Hbond substituents is 1. The van der Waals surface area contributed by atoms with Gasteiger partial charge in [0.25, 0.3) is 5.91 Å². The van der Waals surface area contributed by atoms with Gasteiger partial charge in [-0.05, 0) is 42.5 Å². The van der Waals surface area contributed by atoms with Gasteiger partial charge in [-0.2, -0.15) is 0 Å². The van der Waals surface area contributed by atoms with Crippen LogP contribution in [0.15, 0.2) is 48.7 Å². The Bertz CT molecular complexity index is 1210. The molecule has 3 N–H and O–H groups in total. The molecule has 152 valence electrons. The number of H-pyrrole nitrogens is 1. The molecule has 0 radical (unpaired) electrons. The monoisotopic (exact) mass is 424 g/mol. The van der Waals surface area contributed by atoms with E-state index in [4.69, 9.17) is 21.1 Å². The van der Waals surface area contributed by atoms with Crippen LogP contribution in [0.1, 0.15) is 10.4 Å². The summed E-state index contributed by atoms with van der Waals surface area (Å²) in [5, 5.41) is 13.4. The minimum Gasteiger partial charge on any atom is -0.502 e. The van der Waals surface area contributed by atoms with E-state index in [9.17, 15) is 9.90 Å². The van der Waals surface area contributed by atoms with Crippen LogP contribution in [0.5, 0.6) is 17.2 Å². The van der Waals surface area contributed by atoms with Gasteiger partial charge in [-0.15, -0.1) is 0 Å². The fraction of sp³-hybridized carbons (Fsp3) is 0.0952. The van der Waals surface area contributed by atoms with Crippen LogP contribution in [0.2, 0.25) is 5.02 Å². The van der Waals surface area contributed by atoms with E-state index in [0.717, 1.165) is 11.0 Å². The molecule has 0 bridgehead atoms. The number of methoxy groups -OCH3 is 2. The van der Waals surface area contributed by atoms with Crippen molar-refractivity contribution < 1.29 is 19.4 Å². The number of anilines is 1. The van der Waals surface area contributed by atoms with Crippen LogP contribution in [0, 0.1) is 0 Å². The minimum absolute atomic E-state index is 0.142. The summed E-state index contributed by atoms with van der Waals surface area (Å²) in [5.41, 5.74) is 2.97. The number of phenols is 1. The molecular weight excluding hydrogens is 408 g/mol. The lowest BCUT2D eigenvalue weighted by molar-refractivity contribution is 0.102. The SMILES string of the molecule is COc1cc(C(=O)Nc2ccc3nc(-c4ccc(Cl)cn4)[nH]c3c2)cc(OC)c1O. The molecule has 4 rings (SSSR count). The largest absolute Gasteiger partial charge is 0.502 e. The number of hydrogen-bond acceptors (Lipinski definition) is 6. The first-order valence-electron chi connectivity index (χ1n) is 8.86. The number of carbonyl (C=O) groups is 1. The zero-order chi connectivity index (χ0) is 21.3. The lowest BCUT2D eigenvalue weighted by Crippen LogP contribution is -2.12. The van der Waals surface area contributed by atoms with E-state index in [0.29, 0.717) is 22.2 Å². The third-order valence-electron chi connectivity index (χ3n) is 4.45. The van der Waals surface area contributed by atoms with Gasteiger partial charge < -0.3 is 24.9 Å². The number of aromatic hydroxyl groups is 1. The number of ether oxygens (including phenoxy) is 2. The van der Waals surface area contributed by atoms with Crippen molar-refractivity contribution in [3.63, 3.8) is 0 Å². The van der Waals surface area contributed by atoms with Crippen molar-refractivity contribution in [2.45, 2.75) is 0 Å². The highest BCUT2D eigenvalue weighted by Gasteiger charge is 2.16. The Balaban J connectivity index is 1.61. The molecule has 2 aromatic carbocycles. The van der Waals surface area contributed by atoms with Gasteiger partial charge in [0.2, 0.25) is 5.75 Å². The lowest BCUT2D eigenvalue weighted by Gasteiger charge is -2.11. The number of hydrogen-bond donors (Lipinski definition) is 3. The number of fused-ring (bicyclic) bond motifs is 1. The van der Waals surface area contributed by atoms with Crippen LogP contribution in [0.4, 0.5) is 5.69 Å². The van der Waals surface area contributed by atoms with Crippen LogP contribution in [0.3, 0.4) is 0 Å². The Morgan fingerprint density at radius 3 is 2.47 bits per heavy atom. The standard InChI is InChI=1S/C21H17ClN4O4/c1-29-17-7-11(8-18(30-2)19(17)27)21(28)24-13-4-6-14-16(9-13)26-20(25-14)15-5-3-12(22)10-23-15/h3-10,27H,1-2H3,(H,24,28)(H,25,26). The quantitative estimate of drug-likeness (QED) is 0.441. The van der Waals surface area contributed by atoms with Crippen LogP contribution in [0.25, 0.3) is 22.6 Å². The van der Waals surface area contributed by atoms with Gasteiger partial charge in [-0.1, -0.05) is 11.6 Å². The summed E-state index contributed by atoms with van der Waals surface area (Å²) in [7, 11) is 2.80. The minimum atomic E-state index is -0.384. The van der Waals surface area contributed by atoms with E-state index >= 15 is 0 Å². The maximum absolute atomic E-state index is 12.7. The molecule has 0 fully saturated rings. The summed E-state index contributed by atoms with van der Waals surface area (Å²) in [5.74, 6) is 0.328. The maximum Gasteiger partial charge on any atom is 0.255 e. The second kappa shape index (κ2) is 7.92. The first-order chi connectivity index (χ1) is 14.5. The average Bonchev–Trinajstić information content (AvgIpc) is 3.17. The summed E-state index contributed by atoms with van der Waals surface area (Å²) < 4.78 is 10.2. The highest BCUT2D eigenvalue weighted by Crippen LogP contribution is 2.37. The second-order valence-electron chi connectivity index (χ2n) is 6.36. The van der Waals surface area contributed by atoms with Gasteiger partial charge >= 0.3 is 0 Å². The van der Waals surface area contributed by atoms with E-state index in [2.05, 4.69) is 20.3 Å². The first-order valence-corrected chi connectivity index (χ1v) is 9.24. The normalized spacial score (nSPS) is 10.8. The molecule has 30 heavy (non-hydrogen) atoms. The Labute approximate surface area is 176 Å². The fourth-order valence-electron chi connectivity index (χ4n) is 2.95. The predicted octanol–water partition coefficient (Wildman–Crippen LogP) is 4.25. The Morgan fingerprint density at radius 1 is 1.10 bits per heavy atom. The molecule has 0 saturated heterocycles. The lowest BCUT2D eigenvalue weighted by atomic mass is 10.1. The molecule has 0 unspecified atom stereocenters. The molecule has 0 aliphatic heterocycles. The van der Waals surface area contributed by atoms with Gasteiger partial charge in [0.1, 0.15) is 5.69 Å². The van der Waals surface area contributed by atoms with E-state index in [1.165, 1.54) is 26.4 Å². The van der Waals surface area contributed by atoms with Crippen LogP contribution in [-0.4, -0.2) is 40.2 Å². The van der Waals surface area contributed by atoms with Gasteiger partial charge in [-0.3, -0.25) is 9.78 Å². The Morgan fingerprint density at radius 2 is 1.83 bits per heavy atom. The summed E-state index contributed by atoms with van der Waals surface area (Å²) >= 11 is 5.88. The molecule has 0 saturated carbocycles. The highest BCUT2D eigenvalue weighted by molar-refractivity contribution is 6.30. The topological polar surface area (TPSA) is 109 Å².